The van der Waals surface area contributed by atoms with Crippen LogP contribution in [0.15, 0.2) is 42.7 Å². The van der Waals surface area contributed by atoms with Gasteiger partial charge in [0.15, 0.2) is 0 Å². The number of methoxy groups -OCH3 is 1. The van der Waals surface area contributed by atoms with Crippen LogP contribution in [0.3, 0.4) is 0 Å². The van der Waals surface area contributed by atoms with Crippen molar-refractivity contribution in [3.8, 4) is 5.75 Å². The van der Waals surface area contributed by atoms with E-state index in [1.54, 1.807) is 19.5 Å². The van der Waals surface area contributed by atoms with E-state index in [0.717, 1.165) is 22.4 Å². The van der Waals surface area contributed by atoms with E-state index in [2.05, 4.69) is 10.3 Å². The van der Waals surface area contributed by atoms with Crippen molar-refractivity contribution in [1.29, 1.82) is 0 Å². The highest BCUT2D eigenvalue weighted by atomic mass is 16.5. The standard InChI is InChI=1S/C17H20N2O2/c1-12-4-5-16(21-3)15(10-12)11-17(20)19-13(2)14-6-8-18-9-7-14/h4-10,13H,11H2,1-3H3,(H,19,20)/t13-/m0/s1. The van der Waals surface area contributed by atoms with Gasteiger partial charge in [-0.25, -0.2) is 0 Å². The Balaban J connectivity index is 2.04. The highest BCUT2D eigenvalue weighted by Gasteiger charge is 2.12. The van der Waals surface area contributed by atoms with Gasteiger partial charge in [-0.15, -0.1) is 0 Å². The lowest BCUT2D eigenvalue weighted by atomic mass is 10.1. The quantitative estimate of drug-likeness (QED) is 0.918. The lowest BCUT2D eigenvalue weighted by Crippen LogP contribution is -2.28. The molecule has 1 heterocycles. The van der Waals surface area contributed by atoms with Crippen molar-refractivity contribution in [3.05, 3.63) is 59.4 Å². The van der Waals surface area contributed by atoms with Gasteiger partial charge in [0.05, 0.1) is 19.6 Å². The van der Waals surface area contributed by atoms with Crippen LogP contribution in [0.5, 0.6) is 5.75 Å². The van der Waals surface area contributed by atoms with Crippen molar-refractivity contribution >= 4 is 5.91 Å². The van der Waals surface area contributed by atoms with Gasteiger partial charge in [0.2, 0.25) is 5.91 Å². The van der Waals surface area contributed by atoms with Crippen LogP contribution in [0.25, 0.3) is 0 Å². The molecule has 21 heavy (non-hydrogen) atoms. The third-order valence-electron chi connectivity index (χ3n) is 3.37. The Bertz CT molecular complexity index is 611. The molecular weight excluding hydrogens is 264 g/mol. The number of benzene rings is 1. The number of hydrogen-bond donors (Lipinski definition) is 1. The Morgan fingerprint density at radius 2 is 2.00 bits per heavy atom. The van der Waals surface area contributed by atoms with Gasteiger partial charge in [-0.1, -0.05) is 17.7 Å². The maximum Gasteiger partial charge on any atom is 0.225 e. The molecule has 2 aromatic rings. The van der Waals surface area contributed by atoms with Crippen molar-refractivity contribution in [3.63, 3.8) is 0 Å². The van der Waals surface area contributed by atoms with E-state index in [9.17, 15) is 4.79 Å². The van der Waals surface area contributed by atoms with Gasteiger partial charge in [-0.05, 0) is 37.6 Å². The number of nitrogens with one attached hydrogen (secondary N) is 1. The zero-order valence-corrected chi connectivity index (χ0v) is 12.6. The number of rotatable bonds is 5. The zero-order chi connectivity index (χ0) is 15.2. The summed E-state index contributed by atoms with van der Waals surface area (Å²) in [6.07, 6.45) is 3.75. The molecule has 0 saturated heterocycles. The second kappa shape index (κ2) is 6.88. The van der Waals surface area contributed by atoms with Crippen LogP contribution in [0.1, 0.15) is 29.7 Å². The molecular formula is C17H20N2O2. The number of carbonyl (C=O) groups is 1. The van der Waals surface area contributed by atoms with E-state index in [4.69, 9.17) is 4.74 Å². The first-order chi connectivity index (χ1) is 10.1. The monoisotopic (exact) mass is 284 g/mol. The Morgan fingerprint density at radius 3 is 2.67 bits per heavy atom. The third-order valence-corrected chi connectivity index (χ3v) is 3.37. The van der Waals surface area contributed by atoms with Gasteiger partial charge in [0, 0.05) is 18.0 Å². The van der Waals surface area contributed by atoms with E-state index < -0.39 is 0 Å². The highest BCUT2D eigenvalue weighted by Crippen LogP contribution is 2.20. The Hall–Kier alpha value is -2.36. The molecule has 4 nitrogen and oxygen atoms in total. The first kappa shape index (κ1) is 15.0. The molecule has 1 amide bonds. The average molecular weight is 284 g/mol. The van der Waals surface area contributed by atoms with Gasteiger partial charge in [0.25, 0.3) is 0 Å². The second-order valence-electron chi connectivity index (χ2n) is 5.06. The maximum absolute atomic E-state index is 12.2. The van der Waals surface area contributed by atoms with Crippen LogP contribution < -0.4 is 10.1 Å². The number of amides is 1. The Morgan fingerprint density at radius 1 is 1.29 bits per heavy atom. The average Bonchev–Trinajstić information content (AvgIpc) is 2.48. The predicted octanol–water partition coefficient (Wildman–Crippen LogP) is 2.82. The molecule has 0 aliphatic carbocycles. The smallest absolute Gasteiger partial charge is 0.225 e. The summed E-state index contributed by atoms with van der Waals surface area (Å²) < 4.78 is 5.30. The largest absolute Gasteiger partial charge is 0.496 e. The van der Waals surface area contributed by atoms with Crippen LogP contribution >= 0.6 is 0 Å². The van der Waals surface area contributed by atoms with Gasteiger partial charge >= 0.3 is 0 Å². The molecule has 1 N–H and O–H groups in total. The molecule has 0 bridgehead atoms. The highest BCUT2D eigenvalue weighted by molar-refractivity contribution is 5.79. The first-order valence-corrected chi connectivity index (χ1v) is 6.93. The lowest BCUT2D eigenvalue weighted by Gasteiger charge is -2.15. The predicted molar refractivity (Wildman–Crippen MR) is 82.2 cm³/mol. The van der Waals surface area contributed by atoms with E-state index >= 15 is 0 Å². The summed E-state index contributed by atoms with van der Waals surface area (Å²) in [7, 11) is 1.62. The van der Waals surface area contributed by atoms with Crippen molar-refractivity contribution in [2.24, 2.45) is 0 Å². The third kappa shape index (κ3) is 4.05. The van der Waals surface area contributed by atoms with Gasteiger partial charge in [-0.3, -0.25) is 9.78 Å². The SMILES string of the molecule is COc1ccc(C)cc1CC(=O)N[C@@H](C)c1ccncc1. The minimum Gasteiger partial charge on any atom is -0.496 e. The minimum absolute atomic E-state index is 0.0248. The van der Waals surface area contributed by atoms with Crippen LogP contribution in [0.2, 0.25) is 0 Å². The molecule has 0 fully saturated rings. The summed E-state index contributed by atoms with van der Waals surface area (Å²) in [5.41, 5.74) is 3.05. The van der Waals surface area contributed by atoms with E-state index in [1.165, 1.54) is 0 Å². The molecule has 110 valence electrons. The molecule has 1 aromatic heterocycles. The molecule has 0 radical (unpaired) electrons. The van der Waals surface area contributed by atoms with E-state index in [0.29, 0.717) is 6.42 Å². The summed E-state index contributed by atoms with van der Waals surface area (Å²) in [6, 6.07) is 9.60. The van der Waals surface area contributed by atoms with Gasteiger partial charge in [0.1, 0.15) is 5.75 Å². The fourth-order valence-corrected chi connectivity index (χ4v) is 2.25. The van der Waals surface area contributed by atoms with Crippen molar-refractivity contribution in [2.45, 2.75) is 26.3 Å². The topological polar surface area (TPSA) is 51.2 Å². The number of aromatic nitrogens is 1. The Kier molecular flexibility index (Phi) is 4.93. The maximum atomic E-state index is 12.2. The molecule has 0 saturated carbocycles. The lowest BCUT2D eigenvalue weighted by molar-refractivity contribution is -0.121. The number of carbonyl (C=O) groups excluding carboxylic acids is 1. The van der Waals surface area contributed by atoms with E-state index in [1.807, 2.05) is 44.2 Å². The van der Waals surface area contributed by atoms with E-state index in [-0.39, 0.29) is 11.9 Å². The van der Waals surface area contributed by atoms with Crippen LogP contribution in [-0.2, 0) is 11.2 Å². The fraction of sp³-hybridized carbons (Fsp3) is 0.294. The summed E-state index contributed by atoms with van der Waals surface area (Å²) in [4.78, 5) is 16.2. The second-order valence-corrected chi connectivity index (χ2v) is 5.06. The van der Waals surface area contributed by atoms with Crippen molar-refractivity contribution in [2.75, 3.05) is 7.11 Å². The van der Waals surface area contributed by atoms with Crippen LogP contribution in [-0.4, -0.2) is 18.0 Å². The normalized spacial score (nSPS) is 11.8. The van der Waals surface area contributed by atoms with Crippen molar-refractivity contribution in [1.82, 2.24) is 10.3 Å². The molecule has 0 aliphatic rings. The van der Waals surface area contributed by atoms with Crippen LogP contribution in [0, 0.1) is 6.92 Å². The summed E-state index contributed by atoms with van der Waals surface area (Å²) in [5.74, 6) is 0.718. The first-order valence-electron chi connectivity index (χ1n) is 6.93. The molecule has 2 rings (SSSR count). The van der Waals surface area contributed by atoms with Gasteiger partial charge < -0.3 is 10.1 Å². The number of nitrogens with zero attached hydrogens (tertiary/aromatic N) is 1. The number of ether oxygens (including phenoxy) is 1. The summed E-state index contributed by atoms with van der Waals surface area (Å²) in [5, 5.41) is 2.99. The molecule has 0 spiro atoms. The summed E-state index contributed by atoms with van der Waals surface area (Å²) >= 11 is 0. The number of pyridine rings is 1. The zero-order valence-electron chi connectivity index (χ0n) is 12.6. The molecule has 0 unspecified atom stereocenters. The minimum atomic E-state index is -0.0451. The number of hydrogen-bond acceptors (Lipinski definition) is 3. The fourth-order valence-electron chi connectivity index (χ4n) is 2.25. The van der Waals surface area contributed by atoms with Crippen molar-refractivity contribution < 1.29 is 9.53 Å². The molecule has 0 aliphatic heterocycles. The number of aryl methyl sites for hydroxylation is 1. The van der Waals surface area contributed by atoms with Gasteiger partial charge in [-0.2, -0.15) is 0 Å². The molecule has 1 aromatic carbocycles. The summed E-state index contributed by atoms with van der Waals surface area (Å²) in [6.45, 7) is 3.96. The Labute approximate surface area is 125 Å². The molecule has 4 heteroatoms. The van der Waals surface area contributed by atoms with Crippen LogP contribution in [0.4, 0.5) is 0 Å². The molecule has 1 atom stereocenters.